The molecular formula is C18H20N4O4. The topological polar surface area (TPSA) is 112 Å². The number of aryl methyl sites for hydroxylation is 1. The summed E-state index contributed by atoms with van der Waals surface area (Å²) in [6.45, 7) is 2.07. The Labute approximate surface area is 150 Å². The predicted molar refractivity (Wildman–Crippen MR) is 95.9 cm³/mol. The average molecular weight is 356 g/mol. The van der Waals surface area contributed by atoms with Gasteiger partial charge in [0.05, 0.1) is 24.9 Å². The number of carbonyl (C=O) groups is 1. The number of aliphatic carboxylic acids is 1. The van der Waals surface area contributed by atoms with Gasteiger partial charge >= 0.3 is 5.97 Å². The molecule has 0 amide bonds. The van der Waals surface area contributed by atoms with Crippen LogP contribution in [0, 0.1) is 6.92 Å². The van der Waals surface area contributed by atoms with Crippen LogP contribution < -0.4 is 15.2 Å². The first kappa shape index (κ1) is 17.7. The van der Waals surface area contributed by atoms with Crippen LogP contribution in [0.2, 0.25) is 0 Å². The molecule has 0 saturated carbocycles. The first-order chi connectivity index (χ1) is 12.5. The van der Waals surface area contributed by atoms with E-state index < -0.39 is 12.0 Å². The summed E-state index contributed by atoms with van der Waals surface area (Å²) in [5.74, 6) is 0.804. The number of carboxylic acid groups (broad SMARTS) is 1. The third kappa shape index (κ3) is 3.75. The smallest absolute Gasteiger partial charge is 0.320 e. The lowest BCUT2D eigenvalue weighted by Crippen LogP contribution is -2.31. The highest BCUT2D eigenvalue weighted by atomic mass is 16.5. The third-order valence-corrected chi connectivity index (χ3v) is 3.93. The van der Waals surface area contributed by atoms with Crippen molar-refractivity contribution in [2.24, 2.45) is 5.73 Å². The molecule has 0 saturated heterocycles. The lowest BCUT2D eigenvalue weighted by atomic mass is 10.2. The molecular weight excluding hydrogens is 336 g/mol. The Bertz CT molecular complexity index is 938. The number of nitrogens with zero attached hydrogens (tertiary/aromatic N) is 3. The van der Waals surface area contributed by atoms with Crippen molar-refractivity contribution in [1.82, 2.24) is 14.8 Å². The largest absolute Gasteiger partial charge is 0.497 e. The molecule has 3 rings (SSSR count). The summed E-state index contributed by atoms with van der Waals surface area (Å²) in [6, 6.07) is 8.17. The Morgan fingerprint density at radius 2 is 2.15 bits per heavy atom. The predicted octanol–water partition coefficient (Wildman–Crippen LogP) is 1.92. The van der Waals surface area contributed by atoms with E-state index in [2.05, 4.69) is 10.1 Å². The quantitative estimate of drug-likeness (QED) is 0.665. The van der Waals surface area contributed by atoms with Gasteiger partial charge in [0.15, 0.2) is 5.82 Å². The number of hydrogen-bond acceptors (Lipinski definition) is 6. The van der Waals surface area contributed by atoms with Crippen molar-refractivity contribution in [2.75, 3.05) is 13.7 Å². The normalized spacial score (nSPS) is 12.1. The van der Waals surface area contributed by atoms with Crippen LogP contribution in [0.3, 0.4) is 0 Å². The summed E-state index contributed by atoms with van der Waals surface area (Å²) in [6.07, 6.45) is 2.01. The second kappa shape index (κ2) is 7.40. The summed E-state index contributed by atoms with van der Waals surface area (Å²) < 4.78 is 12.7. The van der Waals surface area contributed by atoms with Crippen molar-refractivity contribution in [3.63, 3.8) is 0 Å². The molecule has 0 radical (unpaired) electrons. The summed E-state index contributed by atoms with van der Waals surface area (Å²) in [5, 5.41) is 14.1. The van der Waals surface area contributed by atoms with Crippen LogP contribution in [0.1, 0.15) is 12.1 Å². The molecule has 1 aromatic carbocycles. The van der Waals surface area contributed by atoms with E-state index in [-0.39, 0.29) is 13.0 Å². The van der Waals surface area contributed by atoms with Crippen molar-refractivity contribution >= 4 is 16.9 Å². The van der Waals surface area contributed by atoms with E-state index in [1.165, 1.54) is 0 Å². The molecule has 1 atom stereocenters. The van der Waals surface area contributed by atoms with E-state index in [1.54, 1.807) is 17.9 Å². The van der Waals surface area contributed by atoms with E-state index in [0.29, 0.717) is 22.8 Å². The highest BCUT2D eigenvalue weighted by Crippen LogP contribution is 2.29. The standard InChI is InChI=1S/C18H20N4O4/c1-11-5-7-22(21-11)17-10-16(26-8-6-14(19)18(23)24)13-4-3-12(25-2)9-15(13)20-17/h3-5,7,9-10,14H,6,8,19H2,1-2H3,(H,23,24)/t14-/m0/s1. The number of methoxy groups -OCH3 is 1. The van der Waals surface area contributed by atoms with Crippen molar-refractivity contribution in [1.29, 1.82) is 0 Å². The van der Waals surface area contributed by atoms with Crippen molar-refractivity contribution < 1.29 is 19.4 Å². The molecule has 3 aromatic rings. The zero-order valence-corrected chi connectivity index (χ0v) is 14.5. The van der Waals surface area contributed by atoms with Gasteiger partial charge in [0.1, 0.15) is 17.5 Å². The fourth-order valence-electron chi connectivity index (χ4n) is 2.49. The Morgan fingerprint density at radius 1 is 1.35 bits per heavy atom. The third-order valence-electron chi connectivity index (χ3n) is 3.93. The highest BCUT2D eigenvalue weighted by Gasteiger charge is 2.14. The van der Waals surface area contributed by atoms with Crippen LogP contribution in [0.15, 0.2) is 36.5 Å². The van der Waals surface area contributed by atoms with Gasteiger partial charge in [0, 0.05) is 30.1 Å². The molecule has 26 heavy (non-hydrogen) atoms. The van der Waals surface area contributed by atoms with E-state index in [4.69, 9.17) is 20.3 Å². The van der Waals surface area contributed by atoms with Crippen LogP contribution in [0.5, 0.6) is 11.5 Å². The van der Waals surface area contributed by atoms with Gasteiger partial charge in [-0.15, -0.1) is 0 Å². The van der Waals surface area contributed by atoms with Gasteiger partial charge in [-0.25, -0.2) is 9.67 Å². The Balaban J connectivity index is 1.97. The number of rotatable bonds is 7. The number of nitrogens with two attached hydrogens (primary N) is 1. The summed E-state index contributed by atoms with van der Waals surface area (Å²) in [7, 11) is 1.59. The van der Waals surface area contributed by atoms with Crippen molar-refractivity contribution in [2.45, 2.75) is 19.4 Å². The minimum atomic E-state index is -1.05. The molecule has 0 aliphatic rings. The zero-order valence-electron chi connectivity index (χ0n) is 14.5. The van der Waals surface area contributed by atoms with E-state index in [0.717, 1.165) is 11.1 Å². The molecule has 0 bridgehead atoms. The summed E-state index contributed by atoms with van der Waals surface area (Å²) >= 11 is 0. The average Bonchev–Trinajstić information content (AvgIpc) is 3.07. The number of hydrogen-bond donors (Lipinski definition) is 2. The molecule has 0 aliphatic heterocycles. The monoisotopic (exact) mass is 356 g/mol. The second-order valence-electron chi connectivity index (χ2n) is 5.85. The zero-order chi connectivity index (χ0) is 18.7. The highest BCUT2D eigenvalue weighted by molar-refractivity contribution is 5.87. The Morgan fingerprint density at radius 3 is 2.81 bits per heavy atom. The fourth-order valence-corrected chi connectivity index (χ4v) is 2.49. The number of pyridine rings is 1. The van der Waals surface area contributed by atoms with Gasteiger partial charge in [-0.1, -0.05) is 0 Å². The molecule has 136 valence electrons. The van der Waals surface area contributed by atoms with Crippen LogP contribution in [0.4, 0.5) is 0 Å². The first-order valence-corrected chi connectivity index (χ1v) is 8.10. The lowest BCUT2D eigenvalue weighted by molar-refractivity contribution is -0.138. The number of benzene rings is 1. The second-order valence-corrected chi connectivity index (χ2v) is 5.85. The van der Waals surface area contributed by atoms with Crippen LogP contribution >= 0.6 is 0 Å². The molecule has 0 fully saturated rings. The van der Waals surface area contributed by atoms with Gasteiger partial charge in [0.2, 0.25) is 0 Å². The number of carboxylic acids is 1. The number of aromatic nitrogens is 3. The summed E-state index contributed by atoms with van der Waals surface area (Å²) in [5.41, 5.74) is 7.09. The molecule has 8 heteroatoms. The van der Waals surface area contributed by atoms with Gasteiger partial charge in [-0.2, -0.15) is 5.10 Å². The molecule has 0 spiro atoms. The molecule has 3 N–H and O–H groups in total. The van der Waals surface area contributed by atoms with E-state index in [1.807, 2.05) is 37.4 Å². The Kier molecular flexibility index (Phi) is 5.04. The maximum atomic E-state index is 10.8. The van der Waals surface area contributed by atoms with Crippen molar-refractivity contribution in [3.8, 4) is 17.3 Å². The van der Waals surface area contributed by atoms with Gasteiger partial charge in [-0.3, -0.25) is 4.79 Å². The van der Waals surface area contributed by atoms with Crippen molar-refractivity contribution in [3.05, 3.63) is 42.2 Å². The molecule has 2 heterocycles. The first-order valence-electron chi connectivity index (χ1n) is 8.10. The fraction of sp³-hybridized carbons (Fsp3) is 0.278. The molecule has 8 nitrogen and oxygen atoms in total. The molecule has 0 unspecified atom stereocenters. The van der Waals surface area contributed by atoms with Crippen LogP contribution in [0.25, 0.3) is 16.7 Å². The maximum Gasteiger partial charge on any atom is 0.320 e. The van der Waals surface area contributed by atoms with E-state index in [9.17, 15) is 4.79 Å². The molecule has 0 aliphatic carbocycles. The maximum absolute atomic E-state index is 10.8. The lowest BCUT2D eigenvalue weighted by Gasteiger charge is -2.13. The van der Waals surface area contributed by atoms with E-state index >= 15 is 0 Å². The number of ether oxygens (including phenoxy) is 2. The SMILES string of the molecule is COc1ccc2c(OCC[C@H](N)C(=O)O)cc(-n3ccc(C)n3)nc2c1. The number of fused-ring (bicyclic) bond motifs is 1. The van der Waals surface area contributed by atoms with Gasteiger partial charge in [0.25, 0.3) is 0 Å². The summed E-state index contributed by atoms with van der Waals surface area (Å²) in [4.78, 5) is 15.5. The van der Waals surface area contributed by atoms with Crippen LogP contribution in [-0.4, -0.2) is 45.6 Å². The Hall–Kier alpha value is -3.13. The minimum Gasteiger partial charge on any atom is -0.497 e. The van der Waals surface area contributed by atoms with Gasteiger partial charge < -0.3 is 20.3 Å². The molecule has 2 aromatic heterocycles. The minimum absolute atomic E-state index is 0.177. The van der Waals surface area contributed by atoms with Crippen LogP contribution in [-0.2, 0) is 4.79 Å². The van der Waals surface area contributed by atoms with Gasteiger partial charge in [-0.05, 0) is 25.1 Å².